The fourth-order valence-electron chi connectivity index (χ4n) is 0.677. The summed E-state index contributed by atoms with van der Waals surface area (Å²) in [7, 11) is -2.20. The van der Waals surface area contributed by atoms with Crippen molar-refractivity contribution in [1.82, 2.24) is 10.0 Å². The zero-order valence-electron chi connectivity index (χ0n) is 8.73. The Kier molecular flexibility index (Phi) is 6.61. The van der Waals surface area contributed by atoms with Gasteiger partial charge in [-0.05, 0) is 0 Å². The van der Waals surface area contributed by atoms with Crippen molar-refractivity contribution in [3.63, 3.8) is 0 Å². The summed E-state index contributed by atoms with van der Waals surface area (Å²) in [5.74, 6) is -2.16. The molecule has 0 aliphatic rings. The molecule has 0 bridgehead atoms. The molecule has 16 heavy (non-hydrogen) atoms. The van der Waals surface area contributed by atoms with Gasteiger partial charge in [-0.3, -0.25) is 9.59 Å². The Morgan fingerprint density at radius 3 is 2.44 bits per heavy atom. The third kappa shape index (κ3) is 8.15. The predicted molar refractivity (Wildman–Crippen MR) is 54.3 cm³/mol. The van der Waals surface area contributed by atoms with Crippen LogP contribution in [-0.2, 0) is 24.3 Å². The molecule has 94 valence electrons. The van der Waals surface area contributed by atoms with E-state index in [0.717, 1.165) is 0 Å². The Morgan fingerprint density at radius 1 is 1.31 bits per heavy atom. The van der Waals surface area contributed by atoms with E-state index in [0.29, 0.717) is 0 Å². The first-order chi connectivity index (χ1) is 7.37. The minimum atomic E-state index is -3.56. The Bertz CT molecular complexity index is 339. The molecule has 0 aromatic carbocycles. The maximum atomic E-state index is 11.1. The lowest BCUT2D eigenvalue weighted by atomic mass is 10.5. The van der Waals surface area contributed by atoms with Gasteiger partial charge in [-0.2, -0.15) is 0 Å². The number of aliphatic carboxylic acids is 1. The molecule has 0 aromatic heterocycles. The summed E-state index contributed by atoms with van der Waals surface area (Å²) in [6, 6.07) is 0. The van der Waals surface area contributed by atoms with E-state index in [-0.39, 0.29) is 12.4 Å². The lowest BCUT2D eigenvalue weighted by molar-refractivity contribution is -0.137. The molecule has 9 heteroatoms. The standard InChI is InChI=1S/C7H14N2O6S/c1-15-2-3-16(13,14)9-4-6(10)8-5-7(11)12/h9H,2-5H2,1H3,(H,8,10)(H,11,12). The van der Waals surface area contributed by atoms with Crippen LogP contribution in [0.3, 0.4) is 0 Å². The van der Waals surface area contributed by atoms with E-state index in [1.165, 1.54) is 7.11 Å². The zero-order chi connectivity index (χ0) is 12.6. The van der Waals surface area contributed by atoms with Crippen LogP contribution in [-0.4, -0.2) is 58.0 Å². The summed E-state index contributed by atoms with van der Waals surface area (Å²) in [6.45, 7) is -1.01. The molecule has 0 aliphatic carbocycles. The second-order valence-corrected chi connectivity index (χ2v) is 4.73. The number of amides is 1. The maximum absolute atomic E-state index is 11.1. The molecule has 0 fully saturated rings. The number of rotatable bonds is 8. The van der Waals surface area contributed by atoms with Crippen molar-refractivity contribution >= 4 is 21.9 Å². The number of carboxylic acid groups (broad SMARTS) is 1. The van der Waals surface area contributed by atoms with Crippen LogP contribution in [0.1, 0.15) is 0 Å². The van der Waals surface area contributed by atoms with Crippen LogP contribution in [0.15, 0.2) is 0 Å². The topological polar surface area (TPSA) is 122 Å². The van der Waals surface area contributed by atoms with Gasteiger partial charge in [0.15, 0.2) is 0 Å². The number of methoxy groups -OCH3 is 1. The number of carbonyl (C=O) groups excluding carboxylic acids is 1. The summed E-state index contributed by atoms with van der Waals surface area (Å²) < 4.78 is 28.9. The van der Waals surface area contributed by atoms with Crippen LogP contribution < -0.4 is 10.0 Å². The molecule has 8 nitrogen and oxygen atoms in total. The SMILES string of the molecule is COCCS(=O)(=O)NCC(=O)NCC(=O)O. The second kappa shape index (κ2) is 7.14. The number of ether oxygens (including phenoxy) is 1. The molecule has 0 saturated heterocycles. The highest BCUT2D eigenvalue weighted by atomic mass is 32.2. The van der Waals surface area contributed by atoms with E-state index in [9.17, 15) is 18.0 Å². The van der Waals surface area contributed by atoms with E-state index < -0.39 is 35.0 Å². The van der Waals surface area contributed by atoms with Gasteiger partial charge in [0, 0.05) is 7.11 Å². The molecular weight excluding hydrogens is 240 g/mol. The number of sulfonamides is 1. The number of carbonyl (C=O) groups is 2. The molecule has 0 aliphatic heterocycles. The van der Waals surface area contributed by atoms with Gasteiger partial charge in [0.05, 0.1) is 18.9 Å². The van der Waals surface area contributed by atoms with Crippen LogP contribution in [0.25, 0.3) is 0 Å². The maximum Gasteiger partial charge on any atom is 0.322 e. The van der Waals surface area contributed by atoms with E-state index >= 15 is 0 Å². The predicted octanol–water partition coefficient (Wildman–Crippen LogP) is -2.25. The number of hydrogen-bond acceptors (Lipinski definition) is 5. The molecule has 0 aromatic rings. The molecule has 0 unspecified atom stereocenters. The van der Waals surface area contributed by atoms with Gasteiger partial charge in [-0.15, -0.1) is 0 Å². The molecule has 0 saturated carbocycles. The third-order valence-corrected chi connectivity index (χ3v) is 2.73. The average Bonchev–Trinajstić information content (AvgIpc) is 2.21. The Labute approximate surface area is 93.0 Å². The van der Waals surface area contributed by atoms with Crippen molar-refractivity contribution in [3.05, 3.63) is 0 Å². The second-order valence-electron chi connectivity index (χ2n) is 2.80. The lowest BCUT2D eigenvalue weighted by Crippen LogP contribution is -2.40. The van der Waals surface area contributed by atoms with Gasteiger partial charge >= 0.3 is 5.97 Å². The minimum absolute atomic E-state index is 0.0199. The summed E-state index contributed by atoms with van der Waals surface area (Å²) >= 11 is 0. The number of carboxylic acids is 1. The Balaban J connectivity index is 3.86. The molecule has 0 spiro atoms. The third-order valence-electron chi connectivity index (χ3n) is 1.45. The van der Waals surface area contributed by atoms with Crippen LogP contribution >= 0.6 is 0 Å². The van der Waals surface area contributed by atoms with Crippen LogP contribution in [0.4, 0.5) is 0 Å². The first-order valence-corrected chi connectivity index (χ1v) is 5.97. The molecule has 3 N–H and O–H groups in total. The van der Waals surface area contributed by atoms with Crippen molar-refractivity contribution in [2.75, 3.05) is 32.6 Å². The fourth-order valence-corrected chi connectivity index (χ4v) is 1.56. The fraction of sp³-hybridized carbons (Fsp3) is 0.714. The summed E-state index contributed by atoms with van der Waals surface area (Å²) in [5.41, 5.74) is 0. The summed E-state index contributed by atoms with van der Waals surface area (Å²) in [5, 5.41) is 10.3. The van der Waals surface area contributed by atoms with E-state index in [1.54, 1.807) is 0 Å². The smallest absolute Gasteiger partial charge is 0.322 e. The van der Waals surface area contributed by atoms with Crippen LogP contribution in [0.2, 0.25) is 0 Å². The van der Waals surface area contributed by atoms with Crippen molar-refractivity contribution in [2.24, 2.45) is 0 Å². The van der Waals surface area contributed by atoms with E-state index in [2.05, 4.69) is 4.74 Å². The molecular formula is C7H14N2O6S. The molecule has 0 rings (SSSR count). The van der Waals surface area contributed by atoms with Crippen molar-refractivity contribution in [1.29, 1.82) is 0 Å². The number of hydrogen-bond donors (Lipinski definition) is 3. The monoisotopic (exact) mass is 254 g/mol. The lowest BCUT2D eigenvalue weighted by Gasteiger charge is -2.05. The first kappa shape index (κ1) is 14.8. The molecule has 0 heterocycles. The molecule has 1 amide bonds. The average molecular weight is 254 g/mol. The van der Waals surface area contributed by atoms with Gasteiger partial charge in [0.1, 0.15) is 6.54 Å². The van der Waals surface area contributed by atoms with Crippen LogP contribution in [0.5, 0.6) is 0 Å². The summed E-state index contributed by atoms with van der Waals surface area (Å²) in [4.78, 5) is 21.0. The Hall–Kier alpha value is -1.19. The van der Waals surface area contributed by atoms with Gasteiger partial charge in [0.2, 0.25) is 15.9 Å². The van der Waals surface area contributed by atoms with Gasteiger partial charge < -0.3 is 15.2 Å². The van der Waals surface area contributed by atoms with Gasteiger partial charge in [0.25, 0.3) is 0 Å². The molecule has 0 radical (unpaired) electrons. The first-order valence-electron chi connectivity index (χ1n) is 4.32. The highest BCUT2D eigenvalue weighted by Gasteiger charge is 2.12. The van der Waals surface area contributed by atoms with Crippen molar-refractivity contribution in [2.45, 2.75) is 0 Å². The van der Waals surface area contributed by atoms with Crippen molar-refractivity contribution < 1.29 is 27.9 Å². The quantitative estimate of drug-likeness (QED) is 0.450. The largest absolute Gasteiger partial charge is 0.480 e. The van der Waals surface area contributed by atoms with Gasteiger partial charge in [-0.25, -0.2) is 13.1 Å². The van der Waals surface area contributed by atoms with E-state index in [4.69, 9.17) is 5.11 Å². The van der Waals surface area contributed by atoms with E-state index in [1.807, 2.05) is 10.0 Å². The number of nitrogens with one attached hydrogen (secondary N) is 2. The minimum Gasteiger partial charge on any atom is -0.480 e. The Morgan fingerprint density at radius 2 is 1.94 bits per heavy atom. The zero-order valence-corrected chi connectivity index (χ0v) is 9.54. The van der Waals surface area contributed by atoms with Gasteiger partial charge in [-0.1, -0.05) is 0 Å². The van der Waals surface area contributed by atoms with Crippen LogP contribution in [0, 0.1) is 0 Å². The normalized spacial score (nSPS) is 11.1. The highest BCUT2D eigenvalue weighted by molar-refractivity contribution is 7.89. The summed E-state index contributed by atoms with van der Waals surface area (Å²) in [6.07, 6.45) is 0. The van der Waals surface area contributed by atoms with Crippen molar-refractivity contribution in [3.8, 4) is 0 Å². The molecule has 0 atom stereocenters. The highest BCUT2D eigenvalue weighted by Crippen LogP contribution is 1.83.